The molecule has 0 bridgehead atoms. The van der Waals surface area contributed by atoms with Crippen molar-refractivity contribution in [1.29, 1.82) is 0 Å². The summed E-state index contributed by atoms with van der Waals surface area (Å²) in [6.45, 7) is 0.267. The molecule has 2 nitrogen and oxygen atoms in total. The molecule has 2 rings (SSSR count). The van der Waals surface area contributed by atoms with Crippen LogP contribution in [0.3, 0.4) is 0 Å². The fourth-order valence-electron chi connectivity index (χ4n) is 2.12. The maximum Gasteiger partial charge on any atom is 0.416 e. The minimum absolute atomic E-state index is 0.267. The van der Waals surface area contributed by atoms with E-state index in [1.165, 1.54) is 12.1 Å². The minimum atomic E-state index is -4.34. The summed E-state index contributed by atoms with van der Waals surface area (Å²) in [4.78, 5) is 10.3. The Morgan fingerprint density at radius 1 is 1.29 bits per heavy atom. The second-order valence-corrected chi connectivity index (χ2v) is 4.32. The Hall–Kier alpha value is -1.52. The summed E-state index contributed by atoms with van der Waals surface area (Å²) < 4.78 is 38.5. The SMILES string of the molecule is O=CNCC1(c2ccccc2C(F)(F)F)CC1. The van der Waals surface area contributed by atoms with Gasteiger partial charge < -0.3 is 5.32 Å². The molecule has 0 heterocycles. The predicted molar refractivity (Wildman–Crippen MR) is 56.4 cm³/mol. The molecule has 0 radical (unpaired) electrons. The van der Waals surface area contributed by atoms with Crippen LogP contribution in [0.4, 0.5) is 13.2 Å². The highest BCUT2D eigenvalue weighted by atomic mass is 19.4. The van der Waals surface area contributed by atoms with Crippen molar-refractivity contribution in [3.63, 3.8) is 0 Å². The summed E-state index contributed by atoms with van der Waals surface area (Å²) in [5.41, 5.74) is -0.820. The Morgan fingerprint density at radius 3 is 2.47 bits per heavy atom. The van der Waals surface area contributed by atoms with Gasteiger partial charge in [0.15, 0.2) is 0 Å². The van der Waals surface area contributed by atoms with Gasteiger partial charge in [-0.2, -0.15) is 13.2 Å². The van der Waals surface area contributed by atoms with Crippen molar-refractivity contribution in [2.45, 2.75) is 24.4 Å². The number of hydrogen-bond donors (Lipinski definition) is 1. The molecule has 92 valence electrons. The molecule has 17 heavy (non-hydrogen) atoms. The maximum absolute atomic E-state index is 12.8. The van der Waals surface area contributed by atoms with Crippen molar-refractivity contribution in [2.75, 3.05) is 6.54 Å². The van der Waals surface area contributed by atoms with Crippen molar-refractivity contribution in [3.05, 3.63) is 35.4 Å². The van der Waals surface area contributed by atoms with E-state index < -0.39 is 17.2 Å². The minimum Gasteiger partial charge on any atom is -0.358 e. The number of alkyl halides is 3. The Kier molecular flexibility index (Phi) is 2.85. The molecule has 1 fully saturated rings. The number of hydrogen-bond acceptors (Lipinski definition) is 1. The van der Waals surface area contributed by atoms with Crippen LogP contribution in [0.5, 0.6) is 0 Å². The molecule has 0 aliphatic heterocycles. The van der Waals surface area contributed by atoms with E-state index in [1.807, 2.05) is 0 Å². The highest BCUT2D eigenvalue weighted by molar-refractivity contribution is 5.48. The van der Waals surface area contributed by atoms with Gasteiger partial charge in [-0.25, -0.2) is 0 Å². The van der Waals surface area contributed by atoms with Gasteiger partial charge in [0.1, 0.15) is 0 Å². The van der Waals surface area contributed by atoms with E-state index in [4.69, 9.17) is 0 Å². The van der Waals surface area contributed by atoms with Gasteiger partial charge in [0.05, 0.1) is 5.56 Å². The largest absolute Gasteiger partial charge is 0.416 e. The number of halogens is 3. The average molecular weight is 243 g/mol. The van der Waals surface area contributed by atoms with Crippen LogP contribution in [0, 0.1) is 0 Å². The first kappa shape index (κ1) is 12.0. The van der Waals surface area contributed by atoms with Crippen LogP contribution in [0.2, 0.25) is 0 Å². The molecule has 1 amide bonds. The monoisotopic (exact) mass is 243 g/mol. The predicted octanol–water partition coefficient (Wildman–Crippen LogP) is 2.48. The van der Waals surface area contributed by atoms with Gasteiger partial charge >= 0.3 is 6.18 Å². The molecule has 0 saturated heterocycles. The highest BCUT2D eigenvalue weighted by Gasteiger charge is 2.48. The summed E-state index contributed by atoms with van der Waals surface area (Å²) >= 11 is 0. The van der Waals surface area contributed by atoms with Crippen LogP contribution in [0.1, 0.15) is 24.0 Å². The number of carbonyl (C=O) groups excluding carboxylic acids is 1. The van der Waals surface area contributed by atoms with Crippen molar-refractivity contribution >= 4 is 6.41 Å². The molecular weight excluding hydrogens is 231 g/mol. The molecule has 1 saturated carbocycles. The number of nitrogens with one attached hydrogen (secondary N) is 1. The van der Waals surface area contributed by atoms with Gasteiger partial charge in [0.25, 0.3) is 0 Å². The summed E-state index contributed by atoms with van der Waals surface area (Å²) in [5, 5.41) is 2.48. The third kappa shape index (κ3) is 2.28. The second kappa shape index (κ2) is 4.05. The molecule has 1 aromatic carbocycles. The van der Waals surface area contributed by atoms with Crippen molar-refractivity contribution in [3.8, 4) is 0 Å². The lowest BCUT2D eigenvalue weighted by Crippen LogP contribution is -2.28. The molecule has 0 unspecified atom stereocenters. The maximum atomic E-state index is 12.8. The number of amides is 1. The van der Waals surface area contributed by atoms with Crippen LogP contribution in [-0.4, -0.2) is 13.0 Å². The lowest BCUT2D eigenvalue weighted by Gasteiger charge is -2.20. The standard InChI is InChI=1S/C12H12F3NO/c13-12(14,15)10-4-2-1-3-9(10)11(5-6-11)7-16-8-17/h1-4,8H,5-7H2,(H,16,17). The van der Waals surface area contributed by atoms with E-state index in [2.05, 4.69) is 5.32 Å². The molecule has 0 spiro atoms. The second-order valence-electron chi connectivity index (χ2n) is 4.32. The van der Waals surface area contributed by atoms with Crippen LogP contribution in [0.25, 0.3) is 0 Å². The Bertz CT molecular complexity index is 424. The molecular formula is C12H12F3NO. The number of benzene rings is 1. The first-order valence-electron chi connectivity index (χ1n) is 5.33. The van der Waals surface area contributed by atoms with Gasteiger partial charge in [-0.3, -0.25) is 4.79 Å². The molecule has 5 heteroatoms. The fourth-order valence-corrected chi connectivity index (χ4v) is 2.12. The summed E-state index contributed by atoms with van der Waals surface area (Å²) in [5.74, 6) is 0. The average Bonchev–Trinajstić information content (AvgIpc) is 3.06. The van der Waals surface area contributed by atoms with E-state index >= 15 is 0 Å². The van der Waals surface area contributed by atoms with Crippen molar-refractivity contribution in [2.24, 2.45) is 0 Å². The van der Waals surface area contributed by atoms with E-state index in [1.54, 1.807) is 6.07 Å². The normalized spacial score (nSPS) is 17.6. The lowest BCUT2D eigenvalue weighted by molar-refractivity contribution is -0.138. The van der Waals surface area contributed by atoms with Gasteiger partial charge in [0.2, 0.25) is 6.41 Å². The fraction of sp³-hybridized carbons (Fsp3) is 0.417. The van der Waals surface area contributed by atoms with Gasteiger partial charge in [-0.15, -0.1) is 0 Å². The molecule has 0 aromatic heterocycles. The zero-order valence-electron chi connectivity index (χ0n) is 9.05. The molecule has 1 aromatic rings. The third-order valence-corrected chi connectivity index (χ3v) is 3.18. The third-order valence-electron chi connectivity index (χ3n) is 3.18. The number of carbonyl (C=O) groups is 1. The van der Waals surface area contributed by atoms with Gasteiger partial charge in [-0.1, -0.05) is 18.2 Å². The molecule has 1 aliphatic rings. The van der Waals surface area contributed by atoms with Crippen LogP contribution in [0.15, 0.2) is 24.3 Å². The van der Waals surface area contributed by atoms with Crippen molar-refractivity contribution in [1.82, 2.24) is 5.32 Å². The van der Waals surface area contributed by atoms with Crippen LogP contribution < -0.4 is 5.32 Å². The first-order chi connectivity index (χ1) is 7.99. The lowest BCUT2D eigenvalue weighted by atomic mass is 9.91. The molecule has 1 aliphatic carbocycles. The highest BCUT2D eigenvalue weighted by Crippen LogP contribution is 2.51. The number of rotatable bonds is 4. The zero-order valence-corrected chi connectivity index (χ0v) is 9.05. The van der Waals surface area contributed by atoms with Crippen LogP contribution >= 0.6 is 0 Å². The van der Waals surface area contributed by atoms with E-state index in [9.17, 15) is 18.0 Å². The van der Waals surface area contributed by atoms with E-state index in [-0.39, 0.29) is 6.54 Å². The van der Waals surface area contributed by atoms with E-state index in [0.717, 1.165) is 6.07 Å². The first-order valence-corrected chi connectivity index (χ1v) is 5.33. The van der Waals surface area contributed by atoms with Gasteiger partial charge in [0, 0.05) is 12.0 Å². The van der Waals surface area contributed by atoms with Crippen LogP contribution in [-0.2, 0) is 16.4 Å². The smallest absolute Gasteiger partial charge is 0.358 e. The Morgan fingerprint density at radius 2 is 1.94 bits per heavy atom. The molecule has 0 atom stereocenters. The van der Waals surface area contributed by atoms with Crippen molar-refractivity contribution < 1.29 is 18.0 Å². The zero-order chi connectivity index (χ0) is 12.5. The van der Waals surface area contributed by atoms with E-state index in [0.29, 0.717) is 24.8 Å². The van der Waals surface area contributed by atoms with Gasteiger partial charge in [-0.05, 0) is 24.5 Å². The molecule has 1 N–H and O–H groups in total. The quantitative estimate of drug-likeness (QED) is 0.809. The summed E-state index contributed by atoms with van der Waals surface area (Å²) in [6, 6.07) is 5.58. The summed E-state index contributed by atoms with van der Waals surface area (Å²) in [7, 11) is 0. The summed E-state index contributed by atoms with van der Waals surface area (Å²) in [6.07, 6.45) is -2.45. The topological polar surface area (TPSA) is 29.1 Å². The Balaban J connectivity index is 2.35. The Labute approximate surface area is 96.8 Å².